The Kier molecular flexibility index (Phi) is 2.77. The first-order chi connectivity index (χ1) is 5.91. The lowest BCUT2D eigenvalue weighted by Crippen LogP contribution is -2.26. The standard InChI is InChI=1S/C12H18O/c1-9-5-7-11(8-6-9)10(2)12(3,4)13/h5-8,10,13H,1-4H3. The van der Waals surface area contributed by atoms with Crippen molar-refractivity contribution in [3.8, 4) is 0 Å². The maximum atomic E-state index is 9.81. The molecule has 1 nitrogen and oxygen atoms in total. The van der Waals surface area contributed by atoms with Crippen molar-refractivity contribution in [3.63, 3.8) is 0 Å². The van der Waals surface area contributed by atoms with Crippen LogP contribution in [0.4, 0.5) is 0 Å². The Balaban J connectivity index is 2.90. The maximum absolute atomic E-state index is 9.81. The van der Waals surface area contributed by atoms with Gasteiger partial charge in [0.2, 0.25) is 0 Å². The quantitative estimate of drug-likeness (QED) is 0.738. The van der Waals surface area contributed by atoms with Gasteiger partial charge in [0.1, 0.15) is 0 Å². The molecule has 13 heavy (non-hydrogen) atoms. The molecule has 0 fully saturated rings. The molecule has 1 aromatic rings. The molecule has 72 valence electrons. The first-order valence-electron chi connectivity index (χ1n) is 4.70. The van der Waals surface area contributed by atoms with Crippen LogP contribution >= 0.6 is 0 Å². The predicted molar refractivity (Wildman–Crippen MR) is 55.9 cm³/mol. The third-order valence-electron chi connectivity index (χ3n) is 2.64. The van der Waals surface area contributed by atoms with Gasteiger partial charge in [0.05, 0.1) is 5.60 Å². The molecule has 1 atom stereocenters. The SMILES string of the molecule is Cc1ccc(C(C)C(C)(C)O)cc1. The number of rotatable bonds is 2. The van der Waals surface area contributed by atoms with Crippen LogP contribution in [0.15, 0.2) is 24.3 Å². The van der Waals surface area contributed by atoms with Crippen molar-refractivity contribution >= 4 is 0 Å². The highest BCUT2D eigenvalue weighted by molar-refractivity contribution is 5.25. The van der Waals surface area contributed by atoms with E-state index in [1.807, 2.05) is 20.8 Å². The Morgan fingerprint density at radius 1 is 1.15 bits per heavy atom. The van der Waals surface area contributed by atoms with E-state index in [4.69, 9.17) is 0 Å². The molecule has 1 aromatic carbocycles. The molecule has 0 heterocycles. The van der Waals surface area contributed by atoms with E-state index in [2.05, 4.69) is 31.2 Å². The molecule has 0 aliphatic rings. The summed E-state index contributed by atoms with van der Waals surface area (Å²) in [7, 11) is 0. The fourth-order valence-corrected chi connectivity index (χ4v) is 1.26. The fourth-order valence-electron chi connectivity index (χ4n) is 1.26. The minimum Gasteiger partial charge on any atom is -0.390 e. The molecular weight excluding hydrogens is 160 g/mol. The number of aliphatic hydroxyl groups is 1. The van der Waals surface area contributed by atoms with E-state index in [9.17, 15) is 5.11 Å². The summed E-state index contributed by atoms with van der Waals surface area (Å²) in [4.78, 5) is 0. The molecule has 0 radical (unpaired) electrons. The van der Waals surface area contributed by atoms with E-state index in [0.717, 1.165) is 0 Å². The lowest BCUT2D eigenvalue weighted by molar-refractivity contribution is 0.0559. The summed E-state index contributed by atoms with van der Waals surface area (Å²) < 4.78 is 0. The fraction of sp³-hybridized carbons (Fsp3) is 0.500. The lowest BCUT2D eigenvalue weighted by atomic mass is 9.86. The van der Waals surface area contributed by atoms with Gasteiger partial charge in [-0.05, 0) is 26.3 Å². The van der Waals surface area contributed by atoms with E-state index >= 15 is 0 Å². The molecule has 1 N–H and O–H groups in total. The highest BCUT2D eigenvalue weighted by Gasteiger charge is 2.23. The Hall–Kier alpha value is -0.820. The third-order valence-corrected chi connectivity index (χ3v) is 2.64. The summed E-state index contributed by atoms with van der Waals surface area (Å²) in [6, 6.07) is 8.32. The molecule has 0 aliphatic heterocycles. The average Bonchev–Trinajstić information content (AvgIpc) is 2.03. The molecule has 0 aromatic heterocycles. The van der Waals surface area contributed by atoms with Gasteiger partial charge in [0, 0.05) is 5.92 Å². The second kappa shape index (κ2) is 3.51. The smallest absolute Gasteiger partial charge is 0.0657 e. The first kappa shape index (κ1) is 10.3. The molecule has 0 aliphatic carbocycles. The van der Waals surface area contributed by atoms with Crippen molar-refractivity contribution < 1.29 is 5.11 Å². The van der Waals surface area contributed by atoms with Gasteiger partial charge in [-0.3, -0.25) is 0 Å². The minimum atomic E-state index is -0.644. The van der Waals surface area contributed by atoms with Crippen LogP contribution in [0.2, 0.25) is 0 Å². The topological polar surface area (TPSA) is 20.2 Å². The average molecular weight is 178 g/mol. The van der Waals surface area contributed by atoms with E-state index in [-0.39, 0.29) is 5.92 Å². The molecule has 1 heteroatoms. The highest BCUT2D eigenvalue weighted by Crippen LogP contribution is 2.27. The van der Waals surface area contributed by atoms with Crippen LogP contribution in [-0.2, 0) is 0 Å². The Morgan fingerprint density at radius 3 is 2.00 bits per heavy atom. The van der Waals surface area contributed by atoms with Gasteiger partial charge in [-0.15, -0.1) is 0 Å². The van der Waals surface area contributed by atoms with Crippen molar-refractivity contribution in [1.82, 2.24) is 0 Å². The summed E-state index contributed by atoms with van der Waals surface area (Å²) in [6.07, 6.45) is 0. The largest absolute Gasteiger partial charge is 0.390 e. The van der Waals surface area contributed by atoms with Crippen LogP contribution < -0.4 is 0 Å². The number of hydrogen-bond acceptors (Lipinski definition) is 1. The van der Waals surface area contributed by atoms with Gasteiger partial charge in [-0.25, -0.2) is 0 Å². The second-order valence-corrected chi connectivity index (χ2v) is 4.29. The Labute approximate surface area is 80.4 Å². The maximum Gasteiger partial charge on any atom is 0.0657 e. The third kappa shape index (κ3) is 2.56. The van der Waals surface area contributed by atoms with Crippen molar-refractivity contribution in [3.05, 3.63) is 35.4 Å². The van der Waals surface area contributed by atoms with Gasteiger partial charge in [0.15, 0.2) is 0 Å². The zero-order valence-electron chi connectivity index (χ0n) is 8.83. The predicted octanol–water partition coefficient (Wildman–Crippen LogP) is 2.87. The molecule has 0 saturated carbocycles. The van der Waals surface area contributed by atoms with Crippen LogP contribution in [0.1, 0.15) is 37.8 Å². The Morgan fingerprint density at radius 2 is 1.62 bits per heavy atom. The summed E-state index contributed by atoms with van der Waals surface area (Å²) in [6.45, 7) is 7.80. The monoisotopic (exact) mass is 178 g/mol. The van der Waals surface area contributed by atoms with Gasteiger partial charge in [-0.1, -0.05) is 36.8 Å². The van der Waals surface area contributed by atoms with E-state index in [1.54, 1.807) is 0 Å². The van der Waals surface area contributed by atoms with E-state index in [0.29, 0.717) is 0 Å². The summed E-state index contributed by atoms with van der Waals surface area (Å²) in [5.74, 6) is 0.174. The van der Waals surface area contributed by atoms with Crippen molar-refractivity contribution in [1.29, 1.82) is 0 Å². The number of benzene rings is 1. The van der Waals surface area contributed by atoms with Crippen molar-refractivity contribution in [2.24, 2.45) is 0 Å². The van der Waals surface area contributed by atoms with Gasteiger partial charge in [0.25, 0.3) is 0 Å². The van der Waals surface area contributed by atoms with Gasteiger partial charge < -0.3 is 5.11 Å². The summed E-state index contributed by atoms with van der Waals surface area (Å²) >= 11 is 0. The van der Waals surface area contributed by atoms with Crippen LogP contribution in [0.25, 0.3) is 0 Å². The number of hydrogen-bond donors (Lipinski definition) is 1. The molecule has 1 rings (SSSR count). The second-order valence-electron chi connectivity index (χ2n) is 4.29. The normalized spacial score (nSPS) is 14.2. The molecule has 0 spiro atoms. The van der Waals surface area contributed by atoms with Crippen molar-refractivity contribution in [2.45, 2.75) is 39.2 Å². The Bertz CT molecular complexity index is 266. The molecular formula is C12H18O. The van der Waals surface area contributed by atoms with E-state index < -0.39 is 5.60 Å². The first-order valence-corrected chi connectivity index (χ1v) is 4.70. The number of aryl methyl sites for hydroxylation is 1. The van der Waals surface area contributed by atoms with Crippen LogP contribution in [0.5, 0.6) is 0 Å². The molecule has 0 bridgehead atoms. The van der Waals surface area contributed by atoms with Gasteiger partial charge in [-0.2, -0.15) is 0 Å². The minimum absolute atomic E-state index is 0.174. The van der Waals surface area contributed by atoms with Gasteiger partial charge >= 0.3 is 0 Å². The van der Waals surface area contributed by atoms with Crippen molar-refractivity contribution in [2.75, 3.05) is 0 Å². The highest BCUT2D eigenvalue weighted by atomic mass is 16.3. The summed E-state index contributed by atoms with van der Waals surface area (Å²) in [5.41, 5.74) is 1.81. The zero-order chi connectivity index (χ0) is 10.1. The van der Waals surface area contributed by atoms with Crippen LogP contribution in [0, 0.1) is 6.92 Å². The molecule has 1 unspecified atom stereocenters. The van der Waals surface area contributed by atoms with Crippen LogP contribution in [-0.4, -0.2) is 10.7 Å². The van der Waals surface area contributed by atoms with Crippen LogP contribution in [0.3, 0.4) is 0 Å². The summed E-state index contributed by atoms with van der Waals surface area (Å²) in [5, 5.41) is 9.81. The molecule has 0 amide bonds. The zero-order valence-corrected chi connectivity index (χ0v) is 8.83. The molecule has 0 saturated heterocycles. The lowest BCUT2D eigenvalue weighted by Gasteiger charge is -2.26. The van der Waals surface area contributed by atoms with E-state index in [1.165, 1.54) is 11.1 Å².